The quantitative estimate of drug-likeness (QED) is 0.381. The van der Waals surface area contributed by atoms with E-state index in [4.69, 9.17) is 21.2 Å². The Hall–Kier alpha value is -3.00. The van der Waals surface area contributed by atoms with Crippen LogP contribution in [0.4, 0.5) is 5.82 Å². The van der Waals surface area contributed by atoms with Crippen LogP contribution in [-0.4, -0.2) is 31.3 Å². The first-order valence-electron chi connectivity index (χ1n) is 11.5. The van der Waals surface area contributed by atoms with E-state index in [-0.39, 0.29) is 0 Å². The molecule has 2 aromatic carbocycles. The Labute approximate surface area is 193 Å². The fourth-order valence-electron chi connectivity index (χ4n) is 4.31. The summed E-state index contributed by atoms with van der Waals surface area (Å²) in [6, 6.07) is 14.6. The molecule has 0 amide bonds. The van der Waals surface area contributed by atoms with Crippen molar-refractivity contribution >= 4 is 27.8 Å². The molecule has 0 aliphatic heterocycles. The van der Waals surface area contributed by atoms with E-state index in [0.29, 0.717) is 37.1 Å². The molecule has 33 heavy (non-hydrogen) atoms. The number of nitrogens with two attached hydrogens (primary N) is 2. The molecule has 5 rings (SSSR count). The van der Waals surface area contributed by atoms with Gasteiger partial charge in [-0.05, 0) is 55.9 Å². The normalized spacial score (nSPS) is 14.4. The van der Waals surface area contributed by atoms with Crippen molar-refractivity contribution in [2.24, 2.45) is 5.73 Å². The maximum atomic E-state index is 10.6. The zero-order valence-electron chi connectivity index (χ0n) is 19.2. The van der Waals surface area contributed by atoms with Gasteiger partial charge in [-0.3, -0.25) is 0 Å². The summed E-state index contributed by atoms with van der Waals surface area (Å²) < 4.78 is 7.99. The molecule has 0 spiro atoms. The zero-order valence-corrected chi connectivity index (χ0v) is 19.2. The molecule has 0 radical (unpaired) electrons. The fourth-order valence-corrected chi connectivity index (χ4v) is 4.31. The standard InChI is InChI=1S/C26H31N5O2/c1-26(2,32)15-31-22(14-33-19-7-8-19)30-23-24(31)20-9-6-17(12-21(20)29-25(23)28)10-16-4-3-5-18(11-16)13-27/h3-6,9,11-12,19,32H,7-8,10,13-15,27H2,1-2H3,(H2,28,29). The van der Waals surface area contributed by atoms with Crippen molar-refractivity contribution in [2.45, 2.75) is 64.5 Å². The summed E-state index contributed by atoms with van der Waals surface area (Å²) in [6.45, 7) is 4.90. The Morgan fingerprint density at radius 1 is 1.09 bits per heavy atom. The van der Waals surface area contributed by atoms with Crippen LogP contribution in [0.3, 0.4) is 0 Å². The number of aliphatic hydroxyl groups is 1. The largest absolute Gasteiger partial charge is 0.389 e. The summed E-state index contributed by atoms with van der Waals surface area (Å²) >= 11 is 0. The lowest BCUT2D eigenvalue weighted by Crippen LogP contribution is -2.27. The predicted molar refractivity (Wildman–Crippen MR) is 131 cm³/mol. The molecule has 2 heterocycles. The average Bonchev–Trinajstić information content (AvgIpc) is 3.53. The van der Waals surface area contributed by atoms with E-state index < -0.39 is 5.60 Å². The molecule has 1 aliphatic carbocycles. The first kappa shape index (κ1) is 21.8. The van der Waals surface area contributed by atoms with Crippen molar-refractivity contribution in [3.8, 4) is 0 Å². The number of aromatic nitrogens is 3. The number of hydrogen-bond acceptors (Lipinski definition) is 6. The topological polar surface area (TPSA) is 112 Å². The van der Waals surface area contributed by atoms with Crippen molar-refractivity contribution in [1.82, 2.24) is 14.5 Å². The summed E-state index contributed by atoms with van der Waals surface area (Å²) in [4.78, 5) is 9.46. The number of pyridine rings is 1. The third-order valence-electron chi connectivity index (χ3n) is 6.00. The minimum Gasteiger partial charge on any atom is -0.389 e. The molecule has 0 saturated heterocycles. The van der Waals surface area contributed by atoms with Crippen LogP contribution in [0, 0.1) is 0 Å². The zero-order chi connectivity index (χ0) is 23.2. The number of ether oxygens (including phenoxy) is 1. The van der Waals surface area contributed by atoms with Gasteiger partial charge in [0.25, 0.3) is 0 Å². The second-order valence-corrected chi connectivity index (χ2v) is 9.68. The lowest BCUT2D eigenvalue weighted by atomic mass is 10.0. The van der Waals surface area contributed by atoms with Gasteiger partial charge in [-0.15, -0.1) is 0 Å². The highest BCUT2D eigenvalue weighted by molar-refractivity contribution is 6.06. The molecule has 1 aliphatic rings. The summed E-state index contributed by atoms with van der Waals surface area (Å²) in [6.07, 6.45) is 3.28. The molecular weight excluding hydrogens is 414 g/mol. The maximum Gasteiger partial charge on any atom is 0.152 e. The van der Waals surface area contributed by atoms with Crippen LogP contribution in [0.15, 0.2) is 42.5 Å². The van der Waals surface area contributed by atoms with Crippen molar-refractivity contribution in [3.63, 3.8) is 0 Å². The van der Waals surface area contributed by atoms with Crippen molar-refractivity contribution in [2.75, 3.05) is 5.73 Å². The second kappa shape index (κ2) is 8.41. The van der Waals surface area contributed by atoms with Crippen molar-refractivity contribution < 1.29 is 9.84 Å². The molecule has 7 heteroatoms. The molecule has 0 atom stereocenters. The monoisotopic (exact) mass is 445 g/mol. The highest BCUT2D eigenvalue weighted by Crippen LogP contribution is 2.32. The summed E-state index contributed by atoms with van der Waals surface area (Å²) in [7, 11) is 0. The second-order valence-electron chi connectivity index (χ2n) is 9.68. The van der Waals surface area contributed by atoms with Gasteiger partial charge >= 0.3 is 0 Å². The Morgan fingerprint density at radius 2 is 1.85 bits per heavy atom. The van der Waals surface area contributed by atoms with E-state index >= 15 is 0 Å². The highest BCUT2D eigenvalue weighted by Gasteiger charge is 2.26. The number of fused-ring (bicyclic) bond motifs is 3. The van der Waals surface area contributed by atoms with E-state index in [2.05, 4.69) is 35.3 Å². The van der Waals surface area contributed by atoms with Crippen LogP contribution in [0.5, 0.6) is 0 Å². The smallest absolute Gasteiger partial charge is 0.152 e. The number of hydrogen-bond donors (Lipinski definition) is 3. The molecule has 4 aromatic rings. The Morgan fingerprint density at radius 3 is 2.58 bits per heavy atom. The number of imidazole rings is 1. The molecular formula is C26H31N5O2. The van der Waals surface area contributed by atoms with Crippen molar-refractivity contribution in [1.29, 1.82) is 0 Å². The highest BCUT2D eigenvalue weighted by atomic mass is 16.5. The maximum absolute atomic E-state index is 10.6. The molecule has 172 valence electrons. The van der Waals surface area contributed by atoms with E-state index in [9.17, 15) is 5.11 Å². The Kier molecular flexibility index (Phi) is 5.56. The third-order valence-corrected chi connectivity index (χ3v) is 6.00. The number of nitrogens with zero attached hydrogens (tertiary/aromatic N) is 3. The minimum absolute atomic E-state index is 0.313. The summed E-state index contributed by atoms with van der Waals surface area (Å²) in [5.41, 5.74) is 17.1. The van der Waals surface area contributed by atoms with E-state index in [1.807, 2.05) is 16.7 Å². The molecule has 0 bridgehead atoms. The molecule has 7 nitrogen and oxygen atoms in total. The van der Waals surface area contributed by atoms with Crippen LogP contribution in [0.1, 0.15) is 49.2 Å². The average molecular weight is 446 g/mol. The predicted octanol–water partition coefficient (Wildman–Crippen LogP) is 3.67. The Balaban J connectivity index is 1.59. The summed E-state index contributed by atoms with van der Waals surface area (Å²) in [5, 5.41) is 11.6. The Bertz CT molecular complexity index is 1320. The first-order chi connectivity index (χ1) is 15.8. The number of anilines is 1. The van der Waals surface area contributed by atoms with Gasteiger partial charge in [-0.25, -0.2) is 9.97 Å². The third kappa shape index (κ3) is 4.71. The summed E-state index contributed by atoms with van der Waals surface area (Å²) in [5.74, 6) is 1.16. The van der Waals surface area contributed by atoms with E-state index in [0.717, 1.165) is 52.6 Å². The SMILES string of the molecule is CC(C)(O)Cn1c(COC2CC2)nc2c(N)nc3cc(Cc4cccc(CN)c4)ccc3c21. The number of benzene rings is 2. The molecule has 2 aromatic heterocycles. The van der Waals surface area contributed by atoms with Gasteiger partial charge < -0.3 is 25.9 Å². The lowest BCUT2D eigenvalue weighted by Gasteiger charge is -2.21. The number of rotatable bonds is 8. The van der Waals surface area contributed by atoms with Gasteiger partial charge in [-0.2, -0.15) is 0 Å². The lowest BCUT2D eigenvalue weighted by molar-refractivity contribution is 0.0562. The van der Waals surface area contributed by atoms with Gasteiger partial charge in [0.05, 0.1) is 29.3 Å². The molecule has 1 saturated carbocycles. The van der Waals surface area contributed by atoms with Crippen molar-refractivity contribution in [3.05, 3.63) is 65.0 Å². The van der Waals surface area contributed by atoms with E-state index in [1.54, 1.807) is 13.8 Å². The molecule has 5 N–H and O–H groups in total. The van der Waals surface area contributed by atoms with Crippen LogP contribution in [0.2, 0.25) is 0 Å². The van der Waals surface area contributed by atoms with Gasteiger partial charge in [0.1, 0.15) is 17.9 Å². The molecule has 1 fully saturated rings. The van der Waals surface area contributed by atoms with Crippen LogP contribution < -0.4 is 11.5 Å². The van der Waals surface area contributed by atoms with Gasteiger partial charge in [0.15, 0.2) is 5.82 Å². The van der Waals surface area contributed by atoms with Gasteiger partial charge in [0.2, 0.25) is 0 Å². The fraction of sp³-hybridized carbons (Fsp3) is 0.385. The van der Waals surface area contributed by atoms with Gasteiger partial charge in [-0.1, -0.05) is 36.4 Å². The van der Waals surface area contributed by atoms with Crippen LogP contribution in [-0.2, 0) is 30.9 Å². The van der Waals surface area contributed by atoms with Gasteiger partial charge in [0, 0.05) is 11.9 Å². The number of nitrogen functional groups attached to an aromatic ring is 1. The minimum atomic E-state index is -0.916. The van der Waals surface area contributed by atoms with Crippen LogP contribution in [0.25, 0.3) is 21.9 Å². The first-order valence-corrected chi connectivity index (χ1v) is 11.5. The van der Waals surface area contributed by atoms with Crippen LogP contribution >= 0.6 is 0 Å². The molecule has 0 unspecified atom stereocenters. The van der Waals surface area contributed by atoms with E-state index in [1.165, 1.54) is 5.56 Å².